The molecule has 0 aliphatic carbocycles. The van der Waals surface area contributed by atoms with Crippen molar-refractivity contribution >= 4 is 23.6 Å². The van der Waals surface area contributed by atoms with Crippen molar-refractivity contribution < 1.29 is 18.7 Å². The molecule has 1 aromatic heterocycles. The maximum absolute atomic E-state index is 11.9. The fraction of sp³-hybridized carbons (Fsp3) is 0.200. The lowest BCUT2D eigenvalue weighted by Gasteiger charge is -2.08. The second-order valence-electron chi connectivity index (χ2n) is 4.13. The molecule has 6 heteroatoms. The first-order chi connectivity index (χ1) is 10.2. The van der Waals surface area contributed by atoms with Crippen LogP contribution in [0.25, 0.3) is 0 Å². The zero-order chi connectivity index (χ0) is 15.1. The predicted octanol–water partition coefficient (Wildman–Crippen LogP) is 2.47. The Balaban J connectivity index is 1.82. The minimum Gasteiger partial charge on any atom is -0.467 e. The van der Waals surface area contributed by atoms with Gasteiger partial charge in [0.25, 0.3) is 5.91 Å². The van der Waals surface area contributed by atoms with Crippen molar-refractivity contribution in [2.24, 2.45) is 0 Å². The van der Waals surface area contributed by atoms with Gasteiger partial charge in [0.1, 0.15) is 5.76 Å². The molecule has 2 rings (SSSR count). The average molecular weight is 305 g/mol. The van der Waals surface area contributed by atoms with Crippen molar-refractivity contribution in [1.29, 1.82) is 0 Å². The maximum atomic E-state index is 11.9. The highest BCUT2D eigenvalue weighted by Gasteiger charge is 2.13. The van der Waals surface area contributed by atoms with E-state index >= 15 is 0 Å². The molecule has 0 aliphatic rings. The van der Waals surface area contributed by atoms with E-state index in [4.69, 9.17) is 9.15 Å². The molecule has 1 heterocycles. The number of esters is 1. The standard InChI is InChI=1S/C15H15NO4S/c1-21-13-7-3-2-6-12(13)15(18)20-10-14(17)16-9-11-5-4-8-19-11/h2-8H,9-10H2,1H3,(H,16,17). The van der Waals surface area contributed by atoms with Crippen LogP contribution >= 0.6 is 11.8 Å². The summed E-state index contributed by atoms with van der Waals surface area (Å²) in [5.74, 6) is -0.239. The van der Waals surface area contributed by atoms with Crippen LogP contribution in [0.3, 0.4) is 0 Å². The smallest absolute Gasteiger partial charge is 0.339 e. The number of rotatable bonds is 6. The number of carbonyl (C=O) groups is 2. The van der Waals surface area contributed by atoms with Gasteiger partial charge in [-0.3, -0.25) is 4.79 Å². The number of carbonyl (C=O) groups excluding carboxylic acids is 2. The number of hydrogen-bond donors (Lipinski definition) is 1. The van der Waals surface area contributed by atoms with Gasteiger partial charge in [0.2, 0.25) is 0 Å². The second-order valence-corrected chi connectivity index (χ2v) is 4.98. The first-order valence-corrected chi connectivity index (χ1v) is 7.52. The van der Waals surface area contributed by atoms with Crippen LogP contribution in [-0.2, 0) is 16.1 Å². The second kappa shape index (κ2) is 7.54. The normalized spacial score (nSPS) is 10.1. The lowest BCUT2D eigenvalue weighted by atomic mass is 10.2. The van der Waals surface area contributed by atoms with Crippen LogP contribution in [0.2, 0.25) is 0 Å². The highest BCUT2D eigenvalue weighted by molar-refractivity contribution is 7.98. The Morgan fingerprint density at radius 1 is 1.24 bits per heavy atom. The van der Waals surface area contributed by atoms with Gasteiger partial charge in [-0.05, 0) is 30.5 Å². The van der Waals surface area contributed by atoms with Gasteiger partial charge >= 0.3 is 5.97 Å². The van der Waals surface area contributed by atoms with Crippen molar-refractivity contribution in [2.45, 2.75) is 11.4 Å². The van der Waals surface area contributed by atoms with Crippen LogP contribution in [0, 0.1) is 0 Å². The number of hydrogen-bond acceptors (Lipinski definition) is 5. The third kappa shape index (κ3) is 4.39. The number of amides is 1. The molecule has 0 spiro atoms. The summed E-state index contributed by atoms with van der Waals surface area (Å²) < 4.78 is 10.1. The zero-order valence-electron chi connectivity index (χ0n) is 11.5. The van der Waals surface area contributed by atoms with Crippen molar-refractivity contribution in [2.75, 3.05) is 12.9 Å². The Bertz CT molecular complexity index is 610. The van der Waals surface area contributed by atoms with E-state index in [1.165, 1.54) is 18.0 Å². The quantitative estimate of drug-likeness (QED) is 0.656. The van der Waals surface area contributed by atoms with Gasteiger partial charge in [0.05, 0.1) is 18.4 Å². The maximum Gasteiger partial charge on any atom is 0.339 e. The molecular formula is C15H15NO4S. The summed E-state index contributed by atoms with van der Waals surface area (Å²) in [6, 6.07) is 10.6. The van der Waals surface area contributed by atoms with Crippen molar-refractivity contribution in [1.82, 2.24) is 5.32 Å². The number of thioether (sulfide) groups is 1. The van der Waals surface area contributed by atoms with Crippen LogP contribution in [0.5, 0.6) is 0 Å². The summed E-state index contributed by atoms with van der Waals surface area (Å²) in [5.41, 5.74) is 0.462. The highest BCUT2D eigenvalue weighted by Crippen LogP contribution is 2.20. The molecule has 0 saturated carbocycles. The SMILES string of the molecule is CSc1ccccc1C(=O)OCC(=O)NCc1ccco1. The molecule has 0 aliphatic heterocycles. The summed E-state index contributed by atoms with van der Waals surface area (Å²) in [5, 5.41) is 2.61. The fourth-order valence-corrected chi connectivity index (χ4v) is 2.26. The summed E-state index contributed by atoms with van der Waals surface area (Å²) in [7, 11) is 0. The number of benzene rings is 1. The predicted molar refractivity (Wildman–Crippen MR) is 79.1 cm³/mol. The molecule has 5 nitrogen and oxygen atoms in total. The largest absolute Gasteiger partial charge is 0.467 e. The Morgan fingerprint density at radius 2 is 2.05 bits per heavy atom. The van der Waals surface area contributed by atoms with Gasteiger partial charge in [-0.15, -0.1) is 11.8 Å². The van der Waals surface area contributed by atoms with Crippen molar-refractivity contribution in [3.8, 4) is 0 Å². The molecule has 21 heavy (non-hydrogen) atoms. The van der Waals surface area contributed by atoms with E-state index in [0.717, 1.165) is 4.90 Å². The minimum atomic E-state index is -0.506. The summed E-state index contributed by atoms with van der Waals surface area (Å²) in [6.07, 6.45) is 3.41. The van der Waals surface area contributed by atoms with Crippen LogP contribution < -0.4 is 5.32 Å². The molecule has 0 radical (unpaired) electrons. The molecule has 110 valence electrons. The fourth-order valence-electron chi connectivity index (χ4n) is 1.67. The highest BCUT2D eigenvalue weighted by atomic mass is 32.2. The molecule has 0 saturated heterocycles. The number of nitrogens with one attached hydrogen (secondary N) is 1. The van der Waals surface area contributed by atoms with Crippen molar-refractivity contribution in [3.05, 3.63) is 54.0 Å². The molecular weight excluding hydrogens is 290 g/mol. The van der Waals surface area contributed by atoms with E-state index < -0.39 is 5.97 Å². The molecule has 2 aromatic rings. The Morgan fingerprint density at radius 3 is 2.76 bits per heavy atom. The summed E-state index contributed by atoms with van der Waals surface area (Å²) in [6.45, 7) is -0.0486. The first-order valence-electron chi connectivity index (χ1n) is 6.30. The monoisotopic (exact) mass is 305 g/mol. The summed E-state index contributed by atoms with van der Waals surface area (Å²) >= 11 is 1.45. The molecule has 0 atom stereocenters. The van der Waals surface area contributed by atoms with Crippen LogP contribution in [-0.4, -0.2) is 24.7 Å². The van der Waals surface area contributed by atoms with Gasteiger partial charge in [-0.1, -0.05) is 12.1 Å². The molecule has 1 N–H and O–H groups in total. The Kier molecular flexibility index (Phi) is 5.45. The van der Waals surface area contributed by atoms with E-state index in [0.29, 0.717) is 11.3 Å². The van der Waals surface area contributed by atoms with E-state index in [1.54, 1.807) is 24.3 Å². The van der Waals surface area contributed by atoms with E-state index in [2.05, 4.69) is 5.32 Å². The van der Waals surface area contributed by atoms with Crippen LogP contribution in [0.4, 0.5) is 0 Å². The van der Waals surface area contributed by atoms with Crippen LogP contribution in [0.1, 0.15) is 16.1 Å². The van der Waals surface area contributed by atoms with E-state index in [9.17, 15) is 9.59 Å². The topological polar surface area (TPSA) is 68.5 Å². The lowest BCUT2D eigenvalue weighted by Crippen LogP contribution is -2.28. The third-order valence-corrected chi connectivity index (χ3v) is 3.50. The first kappa shape index (κ1) is 15.2. The van der Waals surface area contributed by atoms with Gasteiger partial charge in [-0.2, -0.15) is 0 Å². The lowest BCUT2D eigenvalue weighted by molar-refractivity contribution is -0.124. The molecule has 0 bridgehead atoms. The molecule has 0 unspecified atom stereocenters. The number of furan rings is 1. The molecule has 1 amide bonds. The third-order valence-electron chi connectivity index (χ3n) is 2.70. The zero-order valence-corrected chi connectivity index (χ0v) is 12.3. The van der Waals surface area contributed by atoms with E-state index in [1.807, 2.05) is 18.4 Å². The van der Waals surface area contributed by atoms with E-state index in [-0.39, 0.29) is 19.1 Å². The summed E-state index contributed by atoms with van der Waals surface area (Å²) in [4.78, 5) is 24.3. The van der Waals surface area contributed by atoms with Gasteiger partial charge in [0.15, 0.2) is 6.61 Å². The van der Waals surface area contributed by atoms with Gasteiger partial charge in [0, 0.05) is 4.90 Å². The van der Waals surface area contributed by atoms with Gasteiger partial charge < -0.3 is 14.5 Å². The minimum absolute atomic E-state index is 0.269. The Labute approximate surface area is 126 Å². The van der Waals surface area contributed by atoms with Crippen molar-refractivity contribution in [3.63, 3.8) is 0 Å². The Hall–Kier alpha value is -2.21. The molecule has 1 aromatic carbocycles. The molecule has 0 fully saturated rings. The average Bonchev–Trinajstić information content (AvgIpc) is 3.04. The van der Waals surface area contributed by atoms with Crippen LogP contribution in [0.15, 0.2) is 52.0 Å². The number of ether oxygens (including phenoxy) is 1. The van der Waals surface area contributed by atoms with Gasteiger partial charge in [-0.25, -0.2) is 4.79 Å².